The summed E-state index contributed by atoms with van der Waals surface area (Å²) in [5, 5.41) is 9.48. The number of para-hydroxylation sites is 2. The van der Waals surface area contributed by atoms with E-state index in [0.29, 0.717) is 42.6 Å². The van der Waals surface area contributed by atoms with Crippen molar-refractivity contribution in [1.29, 1.82) is 0 Å². The second-order valence-corrected chi connectivity index (χ2v) is 15.6. The molecule has 2 amide bonds. The summed E-state index contributed by atoms with van der Waals surface area (Å²) in [5.74, 6) is 0.162. The maximum absolute atomic E-state index is 13.0. The number of carbonyl (C=O) groups excluding carboxylic acids is 2. The molecule has 10 rings (SSSR count). The van der Waals surface area contributed by atoms with Gasteiger partial charge in [-0.25, -0.2) is 9.97 Å². The number of hydrogen-bond acceptors (Lipinski definition) is 13. The Balaban J connectivity index is 0.000000143. The van der Waals surface area contributed by atoms with Crippen LogP contribution in [0.25, 0.3) is 21.5 Å². The molecule has 4 aromatic carbocycles. The highest BCUT2D eigenvalue weighted by Crippen LogP contribution is 2.38. The average Bonchev–Trinajstić information content (AvgIpc) is 3.28. The van der Waals surface area contributed by atoms with Crippen molar-refractivity contribution in [3.63, 3.8) is 0 Å². The molecule has 0 bridgehead atoms. The van der Waals surface area contributed by atoms with Gasteiger partial charge in [0.1, 0.15) is 11.1 Å². The van der Waals surface area contributed by atoms with Gasteiger partial charge >= 0.3 is 0 Å². The van der Waals surface area contributed by atoms with Crippen LogP contribution in [0, 0.1) is 0 Å². The molecule has 0 spiro atoms. The SMILES string of the molecule is CSc1ncc2c(n1)OCN(c1c(Cl)cccc1Cl)C2=O.Nc1ccc2cnccc2c1.O=C1c2cnc(Nc3ccc4cnccc4c3)nc2OCN1c1c(Cl)cccc1Cl. The zero-order valence-corrected chi connectivity index (χ0v) is 36.0. The van der Waals surface area contributed by atoms with Gasteiger partial charge in [0.25, 0.3) is 11.8 Å². The first-order valence-electron chi connectivity index (χ1n) is 18.3. The van der Waals surface area contributed by atoms with E-state index in [1.807, 2.05) is 61.0 Å². The van der Waals surface area contributed by atoms with Gasteiger partial charge in [0.05, 0.1) is 31.5 Å². The molecule has 8 aromatic rings. The Morgan fingerprint density at radius 1 is 0.629 bits per heavy atom. The molecule has 2 aliphatic rings. The van der Waals surface area contributed by atoms with Gasteiger partial charge in [-0.1, -0.05) is 82.4 Å². The van der Waals surface area contributed by atoms with Gasteiger partial charge in [-0.05, 0) is 77.7 Å². The summed E-state index contributed by atoms with van der Waals surface area (Å²) in [4.78, 5) is 53.2. The van der Waals surface area contributed by atoms with E-state index in [2.05, 4.69) is 35.2 Å². The lowest BCUT2D eigenvalue weighted by Gasteiger charge is -2.29. The summed E-state index contributed by atoms with van der Waals surface area (Å²) >= 11 is 26.1. The summed E-state index contributed by atoms with van der Waals surface area (Å²) < 4.78 is 11.2. The van der Waals surface area contributed by atoms with Crippen LogP contribution < -0.4 is 30.3 Å². The third-order valence-electron chi connectivity index (χ3n) is 9.26. The topological polar surface area (TPSA) is 174 Å². The van der Waals surface area contributed by atoms with E-state index in [0.717, 1.165) is 32.9 Å². The third kappa shape index (κ3) is 9.07. The van der Waals surface area contributed by atoms with E-state index in [-0.39, 0.29) is 48.2 Å². The van der Waals surface area contributed by atoms with Crippen LogP contribution >= 0.6 is 58.2 Å². The van der Waals surface area contributed by atoms with Crippen molar-refractivity contribution in [3.8, 4) is 11.8 Å². The summed E-state index contributed by atoms with van der Waals surface area (Å²) in [6, 6.07) is 25.6. The summed E-state index contributed by atoms with van der Waals surface area (Å²) in [7, 11) is 0. The molecule has 0 saturated heterocycles. The zero-order chi connectivity index (χ0) is 43.3. The maximum atomic E-state index is 13.0. The van der Waals surface area contributed by atoms with Crippen molar-refractivity contribution in [2.24, 2.45) is 0 Å². The number of anilines is 5. The van der Waals surface area contributed by atoms with Crippen LogP contribution in [0.15, 0.2) is 127 Å². The molecule has 0 fully saturated rings. The molecule has 6 heterocycles. The fourth-order valence-electron chi connectivity index (χ4n) is 6.27. The fourth-order valence-corrected chi connectivity index (χ4v) is 7.80. The zero-order valence-electron chi connectivity index (χ0n) is 32.2. The number of carbonyl (C=O) groups is 2. The second-order valence-electron chi connectivity index (χ2n) is 13.2. The number of benzene rings is 4. The Bertz CT molecular complexity index is 2960. The van der Waals surface area contributed by atoms with Crippen LogP contribution in [0.3, 0.4) is 0 Å². The molecule has 4 aromatic heterocycles. The van der Waals surface area contributed by atoms with Crippen molar-refractivity contribution in [2.75, 3.05) is 40.6 Å². The summed E-state index contributed by atoms with van der Waals surface area (Å²) in [6.45, 7) is -0.0607. The lowest BCUT2D eigenvalue weighted by atomic mass is 10.1. The molecule has 0 unspecified atom stereocenters. The van der Waals surface area contributed by atoms with Gasteiger partial charge in [-0.3, -0.25) is 29.4 Å². The van der Waals surface area contributed by atoms with Gasteiger partial charge in [0, 0.05) is 59.3 Å². The van der Waals surface area contributed by atoms with Crippen molar-refractivity contribution in [2.45, 2.75) is 5.16 Å². The van der Waals surface area contributed by atoms with Crippen LogP contribution in [0.5, 0.6) is 11.8 Å². The van der Waals surface area contributed by atoms with Gasteiger partial charge < -0.3 is 20.5 Å². The summed E-state index contributed by atoms with van der Waals surface area (Å²) in [6.07, 6.45) is 11.9. The number of aromatic nitrogens is 6. The molecule has 19 heteroatoms. The standard InChI is InChI=1S/C21H13Cl2N5O2.C13H9Cl2N3O2S.C9H8N2/c22-16-2-1-3-17(23)18(16)28-11-30-19-15(20(28)29)10-25-21(27-19)26-14-5-4-13-9-24-7-6-12(13)8-14;1-21-13-16-5-7-11(17-13)20-6-18(12(7)19)10-8(14)3-2-4-9(10)15;10-9-2-1-8-6-11-4-3-7(8)5-9/h1-10H,11H2,(H,25,26,27);2-5H,6H2,1H3;1-6H,10H2. The molecule has 3 N–H and O–H groups in total. The van der Waals surface area contributed by atoms with E-state index in [4.69, 9.17) is 61.6 Å². The predicted molar refractivity (Wildman–Crippen MR) is 245 cm³/mol. The molecule has 0 aliphatic carbocycles. The van der Waals surface area contributed by atoms with E-state index >= 15 is 0 Å². The highest BCUT2D eigenvalue weighted by atomic mass is 35.5. The largest absolute Gasteiger partial charge is 0.455 e. The van der Waals surface area contributed by atoms with Crippen LogP contribution in [-0.2, 0) is 0 Å². The molecule has 0 atom stereocenters. The number of thioether (sulfide) groups is 1. The molecule has 14 nitrogen and oxygen atoms in total. The number of rotatable bonds is 5. The summed E-state index contributed by atoms with van der Waals surface area (Å²) in [5.41, 5.74) is 8.54. The number of ether oxygens (including phenoxy) is 2. The number of amides is 2. The highest BCUT2D eigenvalue weighted by Gasteiger charge is 2.32. The second kappa shape index (κ2) is 18.6. The van der Waals surface area contributed by atoms with Crippen LogP contribution in [0.4, 0.5) is 28.7 Å². The lowest BCUT2D eigenvalue weighted by molar-refractivity contribution is 0.0923. The Hall–Kier alpha value is -6.49. The van der Waals surface area contributed by atoms with Crippen molar-refractivity contribution in [1.82, 2.24) is 29.9 Å². The minimum absolute atomic E-state index is 0.000120. The quantitative estimate of drug-likeness (QED) is 0.0949. The number of hydrogen-bond donors (Lipinski definition) is 2. The Kier molecular flexibility index (Phi) is 12.7. The molecule has 310 valence electrons. The Morgan fingerprint density at radius 3 is 1.71 bits per heavy atom. The van der Waals surface area contributed by atoms with Gasteiger partial charge in [0.2, 0.25) is 17.7 Å². The van der Waals surface area contributed by atoms with Crippen LogP contribution in [0.2, 0.25) is 20.1 Å². The number of pyridine rings is 2. The van der Waals surface area contributed by atoms with Gasteiger partial charge in [-0.15, -0.1) is 0 Å². The number of nitrogens with two attached hydrogens (primary N) is 1. The van der Waals surface area contributed by atoms with Crippen molar-refractivity contribution >= 4 is 120 Å². The molecule has 62 heavy (non-hydrogen) atoms. The Morgan fingerprint density at radius 2 is 1.15 bits per heavy atom. The van der Waals surface area contributed by atoms with Gasteiger partial charge in [0.15, 0.2) is 18.6 Å². The normalized spacial score (nSPS) is 12.9. The van der Waals surface area contributed by atoms with E-state index in [9.17, 15) is 9.59 Å². The molecular formula is C43H30Cl4N10O4S. The minimum Gasteiger partial charge on any atom is -0.455 e. The first kappa shape index (κ1) is 42.2. The molecule has 0 saturated carbocycles. The van der Waals surface area contributed by atoms with Crippen LogP contribution in [0.1, 0.15) is 20.7 Å². The minimum atomic E-state index is -0.337. The Labute approximate surface area is 378 Å². The number of nitrogens with one attached hydrogen (secondary N) is 1. The average molecular weight is 925 g/mol. The molecular weight excluding hydrogens is 894 g/mol. The molecule has 2 aliphatic heterocycles. The van der Waals surface area contributed by atoms with E-state index in [1.165, 1.54) is 34.0 Å². The van der Waals surface area contributed by atoms with E-state index < -0.39 is 0 Å². The smallest absolute Gasteiger partial charge is 0.268 e. The highest BCUT2D eigenvalue weighted by molar-refractivity contribution is 7.98. The number of fused-ring (bicyclic) bond motifs is 4. The number of halogens is 4. The van der Waals surface area contributed by atoms with Gasteiger partial charge in [-0.2, -0.15) is 9.97 Å². The number of nitrogen functional groups attached to an aromatic ring is 1. The lowest BCUT2D eigenvalue weighted by Crippen LogP contribution is -2.39. The van der Waals surface area contributed by atoms with Crippen LogP contribution in [-0.4, -0.2) is 61.4 Å². The van der Waals surface area contributed by atoms with Crippen molar-refractivity contribution in [3.05, 3.63) is 153 Å². The van der Waals surface area contributed by atoms with E-state index in [1.54, 1.807) is 55.0 Å². The predicted octanol–water partition coefficient (Wildman–Crippen LogP) is 10.4. The molecule has 0 radical (unpaired) electrons. The maximum Gasteiger partial charge on any atom is 0.268 e. The first-order chi connectivity index (χ1) is 30.1. The monoisotopic (exact) mass is 922 g/mol. The fraction of sp³-hybridized carbons (Fsp3) is 0.0698. The van der Waals surface area contributed by atoms with Crippen molar-refractivity contribution < 1.29 is 19.1 Å². The first-order valence-corrected chi connectivity index (χ1v) is 21.1. The number of nitrogens with zero attached hydrogens (tertiary/aromatic N) is 8. The third-order valence-corrected chi connectivity index (χ3v) is 11.0.